The third kappa shape index (κ3) is 5.73. The molecule has 1 unspecified atom stereocenters. The lowest BCUT2D eigenvalue weighted by Crippen LogP contribution is -2.45. The Morgan fingerprint density at radius 2 is 1.97 bits per heavy atom. The van der Waals surface area contributed by atoms with Crippen molar-refractivity contribution in [2.24, 2.45) is 4.99 Å². The standard InChI is InChI=1S/C26H34N4O2.HI/c31-25-12-5-16-29(25)17-14-20-19-30(24-11-4-3-10-23(20)24)26(28-21-7-1-2-8-21)27-15-13-22-9-6-18-32-22;/h3-4,6,9-11,18,20-21H,1-2,5,7-8,12-17,19H2,(H,27,28);1H. The summed E-state index contributed by atoms with van der Waals surface area (Å²) in [6.07, 6.45) is 10.3. The highest BCUT2D eigenvalue weighted by atomic mass is 127. The minimum absolute atomic E-state index is 0. The monoisotopic (exact) mass is 562 g/mol. The number of rotatable bonds is 7. The molecule has 0 spiro atoms. The molecule has 7 heteroatoms. The van der Waals surface area contributed by atoms with Gasteiger partial charge in [0.2, 0.25) is 5.91 Å². The van der Waals surface area contributed by atoms with Gasteiger partial charge in [0, 0.05) is 56.7 Å². The predicted molar refractivity (Wildman–Crippen MR) is 142 cm³/mol. The number of nitrogens with zero attached hydrogens (tertiary/aromatic N) is 3. The third-order valence-electron chi connectivity index (χ3n) is 7.13. The van der Waals surface area contributed by atoms with Gasteiger partial charge in [0.1, 0.15) is 5.76 Å². The number of para-hydroxylation sites is 1. The molecule has 1 saturated carbocycles. The van der Waals surface area contributed by atoms with E-state index in [1.165, 1.54) is 36.9 Å². The zero-order chi connectivity index (χ0) is 21.8. The first kappa shape index (κ1) is 24.1. The van der Waals surface area contributed by atoms with Crippen molar-refractivity contribution in [1.29, 1.82) is 0 Å². The van der Waals surface area contributed by atoms with Crippen LogP contribution in [0.1, 0.15) is 62.2 Å². The summed E-state index contributed by atoms with van der Waals surface area (Å²) < 4.78 is 5.50. The van der Waals surface area contributed by atoms with Crippen LogP contribution in [-0.4, -0.2) is 49.0 Å². The molecule has 0 radical (unpaired) electrons. The van der Waals surface area contributed by atoms with Crippen LogP contribution < -0.4 is 10.2 Å². The van der Waals surface area contributed by atoms with Crippen LogP contribution in [0.25, 0.3) is 0 Å². The van der Waals surface area contributed by atoms with Crippen molar-refractivity contribution in [2.75, 3.05) is 31.1 Å². The van der Waals surface area contributed by atoms with Gasteiger partial charge in [-0.1, -0.05) is 31.0 Å². The minimum Gasteiger partial charge on any atom is -0.469 e. The lowest BCUT2D eigenvalue weighted by atomic mass is 9.98. The van der Waals surface area contributed by atoms with Gasteiger partial charge in [-0.05, 0) is 49.4 Å². The van der Waals surface area contributed by atoms with E-state index in [1.807, 2.05) is 17.0 Å². The van der Waals surface area contributed by atoms with E-state index >= 15 is 0 Å². The van der Waals surface area contributed by atoms with Gasteiger partial charge >= 0.3 is 0 Å². The molecule has 3 aliphatic rings. The number of amides is 1. The van der Waals surface area contributed by atoms with Gasteiger partial charge in [0.15, 0.2) is 5.96 Å². The Morgan fingerprint density at radius 1 is 1.12 bits per heavy atom. The Bertz CT molecular complexity index is 940. The second kappa shape index (κ2) is 11.4. The largest absolute Gasteiger partial charge is 0.469 e. The molecule has 0 bridgehead atoms. The number of aliphatic imine (C=N–C) groups is 1. The van der Waals surface area contributed by atoms with Crippen LogP contribution in [0.4, 0.5) is 5.69 Å². The molecule has 1 aromatic heterocycles. The van der Waals surface area contributed by atoms with E-state index in [2.05, 4.69) is 34.5 Å². The number of guanidine groups is 1. The Kier molecular flexibility index (Phi) is 8.33. The molecule has 1 aliphatic carbocycles. The van der Waals surface area contributed by atoms with Crippen LogP contribution >= 0.6 is 24.0 Å². The lowest BCUT2D eigenvalue weighted by molar-refractivity contribution is -0.127. The molecule has 1 aromatic carbocycles. The number of anilines is 1. The molecule has 2 aliphatic heterocycles. The van der Waals surface area contributed by atoms with E-state index in [0.717, 1.165) is 50.6 Å². The normalized spacial score (nSPS) is 20.9. The summed E-state index contributed by atoms with van der Waals surface area (Å²) in [5, 5.41) is 3.78. The summed E-state index contributed by atoms with van der Waals surface area (Å²) in [7, 11) is 0. The Hall–Kier alpha value is -2.03. The average molecular weight is 562 g/mol. The minimum atomic E-state index is 0. The number of benzene rings is 1. The molecule has 5 rings (SSSR count). The smallest absolute Gasteiger partial charge is 0.222 e. The molecule has 33 heavy (non-hydrogen) atoms. The summed E-state index contributed by atoms with van der Waals surface area (Å²) in [5.74, 6) is 2.70. The van der Waals surface area contributed by atoms with Crippen LogP contribution in [0.3, 0.4) is 0 Å². The quantitative estimate of drug-likeness (QED) is 0.295. The van der Waals surface area contributed by atoms with Gasteiger partial charge in [-0.2, -0.15) is 0 Å². The second-order valence-corrected chi connectivity index (χ2v) is 9.30. The Balaban J connectivity index is 0.00000259. The molecule has 2 aromatic rings. The molecule has 1 N–H and O–H groups in total. The molecular formula is C26H35IN4O2. The van der Waals surface area contributed by atoms with E-state index in [0.29, 0.717) is 30.8 Å². The fraction of sp³-hybridized carbons (Fsp3) is 0.538. The molecule has 2 fully saturated rings. The SMILES string of the molecule is I.O=C1CCCN1CCC1CN(C(=NCCc2ccco2)NC2CCCC2)c2ccccc21. The van der Waals surface area contributed by atoms with Gasteiger partial charge in [0.05, 0.1) is 6.26 Å². The summed E-state index contributed by atoms with van der Waals surface area (Å²) >= 11 is 0. The first-order valence-corrected chi connectivity index (χ1v) is 12.3. The van der Waals surface area contributed by atoms with E-state index in [4.69, 9.17) is 9.41 Å². The zero-order valence-corrected chi connectivity index (χ0v) is 21.6. The highest BCUT2D eigenvalue weighted by Gasteiger charge is 2.33. The van der Waals surface area contributed by atoms with Crippen molar-refractivity contribution < 1.29 is 9.21 Å². The third-order valence-corrected chi connectivity index (χ3v) is 7.13. The Labute approximate surface area is 213 Å². The molecule has 3 heterocycles. The lowest BCUT2D eigenvalue weighted by Gasteiger charge is -2.26. The summed E-state index contributed by atoms with van der Waals surface area (Å²) in [6.45, 7) is 3.39. The highest BCUT2D eigenvalue weighted by molar-refractivity contribution is 14.0. The number of hydrogen-bond donors (Lipinski definition) is 1. The number of carbonyl (C=O) groups is 1. The van der Waals surface area contributed by atoms with Crippen LogP contribution in [0, 0.1) is 0 Å². The number of halogens is 1. The molecule has 6 nitrogen and oxygen atoms in total. The van der Waals surface area contributed by atoms with Crippen LogP contribution in [0.5, 0.6) is 0 Å². The van der Waals surface area contributed by atoms with Crippen LogP contribution in [0.2, 0.25) is 0 Å². The van der Waals surface area contributed by atoms with Gasteiger partial charge in [-0.15, -0.1) is 24.0 Å². The maximum absolute atomic E-state index is 12.1. The molecule has 1 amide bonds. The van der Waals surface area contributed by atoms with Gasteiger partial charge in [-0.3, -0.25) is 9.79 Å². The first-order valence-electron chi connectivity index (χ1n) is 12.3. The number of fused-ring (bicyclic) bond motifs is 1. The maximum atomic E-state index is 12.1. The molecule has 178 valence electrons. The van der Waals surface area contributed by atoms with Crippen molar-refractivity contribution >= 4 is 41.5 Å². The number of carbonyl (C=O) groups excluding carboxylic acids is 1. The van der Waals surface area contributed by atoms with Crippen LogP contribution in [0.15, 0.2) is 52.1 Å². The molecular weight excluding hydrogens is 527 g/mol. The highest BCUT2D eigenvalue weighted by Crippen LogP contribution is 2.38. The molecule has 1 saturated heterocycles. The van der Waals surface area contributed by atoms with E-state index in [1.54, 1.807) is 6.26 Å². The van der Waals surface area contributed by atoms with Crippen molar-refractivity contribution in [3.8, 4) is 0 Å². The zero-order valence-electron chi connectivity index (χ0n) is 19.2. The summed E-state index contributed by atoms with van der Waals surface area (Å²) in [6, 6.07) is 13.2. The summed E-state index contributed by atoms with van der Waals surface area (Å²) in [5.41, 5.74) is 2.64. The fourth-order valence-electron chi connectivity index (χ4n) is 5.38. The number of nitrogens with one attached hydrogen (secondary N) is 1. The number of furan rings is 1. The summed E-state index contributed by atoms with van der Waals surface area (Å²) in [4.78, 5) is 21.5. The van der Waals surface area contributed by atoms with Crippen molar-refractivity contribution in [2.45, 2.75) is 63.3 Å². The van der Waals surface area contributed by atoms with Gasteiger partial charge < -0.3 is 19.5 Å². The fourth-order valence-corrected chi connectivity index (χ4v) is 5.38. The predicted octanol–water partition coefficient (Wildman–Crippen LogP) is 4.94. The topological polar surface area (TPSA) is 61.1 Å². The second-order valence-electron chi connectivity index (χ2n) is 9.30. The van der Waals surface area contributed by atoms with E-state index in [9.17, 15) is 4.79 Å². The Morgan fingerprint density at radius 3 is 2.73 bits per heavy atom. The van der Waals surface area contributed by atoms with Gasteiger partial charge in [-0.25, -0.2) is 0 Å². The first-order chi connectivity index (χ1) is 15.8. The van der Waals surface area contributed by atoms with Crippen LogP contribution in [-0.2, 0) is 11.2 Å². The molecule has 1 atom stereocenters. The van der Waals surface area contributed by atoms with Crippen molar-refractivity contribution in [1.82, 2.24) is 10.2 Å². The van der Waals surface area contributed by atoms with Crippen molar-refractivity contribution in [3.63, 3.8) is 0 Å². The van der Waals surface area contributed by atoms with E-state index in [-0.39, 0.29) is 24.0 Å². The van der Waals surface area contributed by atoms with Gasteiger partial charge in [0.25, 0.3) is 0 Å². The average Bonchev–Trinajstić information content (AvgIpc) is 3.60. The van der Waals surface area contributed by atoms with Crippen molar-refractivity contribution in [3.05, 3.63) is 54.0 Å². The number of likely N-dealkylation sites (tertiary alicyclic amines) is 1. The maximum Gasteiger partial charge on any atom is 0.222 e. The van der Waals surface area contributed by atoms with E-state index < -0.39 is 0 Å². The number of hydrogen-bond acceptors (Lipinski definition) is 3.